The standard InChI is InChI=1S/C21H27N3O4S/c1-3-24(4-2)29(27,28)15-9-10-18-16(11-15)17(12-19(25)22-18)21(26)23-20(13-5-6-13)14-7-8-14/h9-14,20H,3-8H2,1-2H3,(H,22,25)(H,23,26). The van der Waals surface area contributed by atoms with E-state index in [0.717, 1.165) is 25.7 Å². The average molecular weight is 418 g/mol. The van der Waals surface area contributed by atoms with E-state index in [1.807, 2.05) is 0 Å². The van der Waals surface area contributed by atoms with E-state index < -0.39 is 10.0 Å². The summed E-state index contributed by atoms with van der Waals surface area (Å²) in [7, 11) is -3.67. The number of rotatable bonds is 8. The van der Waals surface area contributed by atoms with Crippen LogP contribution in [0.1, 0.15) is 49.9 Å². The van der Waals surface area contributed by atoms with Crippen LogP contribution in [-0.4, -0.2) is 42.7 Å². The van der Waals surface area contributed by atoms with Gasteiger partial charge in [-0.2, -0.15) is 4.31 Å². The van der Waals surface area contributed by atoms with Gasteiger partial charge in [-0.1, -0.05) is 13.8 Å². The molecule has 0 aliphatic heterocycles. The van der Waals surface area contributed by atoms with Crippen LogP contribution in [0.2, 0.25) is 0 Å². The number of H-pyrrole nitrogens is 1. The second kappa shape index (κ2) is 7.57. The van der Waals surface area contributed by atoms with Crippen molar-refractivity contribution in [2.24, 2.45) is 11.8 Å². The van der Waals surface area contributed by atoms with Gasteiger partial charge in [-0.05, 0) is 55.7 Å². The zero-order valence-corrected chi connectivity index (χ0v) is 17.6. The number of hydrogen-bond donors (Lipinski definition) is 2. The maximum Gasteiger partial charge on any atom is 0.252 e. The summed E-state index contributed by atoms with van der Waals surface area (Å²) in [5.74, 6) is 0.749. The van der Waals surface area contributed by atoms with E-state index >= 15 is 0 Å². The molecule has 7 nitrogen and oxygen atoms in total. The minimum atomic E-state index is -3.67. The summed E-state index contributed by atoms with van der Waals surface area (Å²) < 4.78 is 27.2. The van der Waals surface area contributed by atoms with Crippen LogP contribution in [-0.2, 0) is 10.0 Å². The number of pyridine rings is 1. The third-order valence-electron chi connectivity index (χ3n) is 5.96. The fourth-order valence-corrected chi connectivity index (χ4v) is 5.54. The number of hydrogen-bond acceptors (Lipinski definition) is 4. The number of nitrogens with zero attached hydrogens (tertiary/aromatic N) is 1. The van der Waals surface area contributed by atoms with Gasteiger partial charge in [-0.15, -0.1) is 0 Å². The first-order valence-corrected chi connectivity index (χ1v) is 11.8. The quantitative estimate of drug-likeness (QED) is 0.689. The van der Waals surface area contributed by atoms with Crippen molar-refractivity contribution >= 4 is 26.8 Å². The molecule has 156 valence electrons. The Labute approximate surface area is 170 Å². The zero-order valence-electron chi connectivity index (χ0n) is 16.8. The van der Waals surface area contributed by atoms with Crippen molar-refractivity contribution in [3.8, 4) is 0 Å². The van der Waals surface area contributed by atoms with Crippen LogP contribution in [0.5, 0.6) is 0 Å². The minimum Gasteiger partial charge on any atom is -0.349 e. The van der Waals surface area contributed by atoms with E-state index in [-0.39, 0.29) is 28.0 Å². The number of amides is 1. The number of carbonyl (C=O) groups excluding carboxylic acids is 1. The van der Waals surface area contributed by atoms with E-state index in [4.69, 9.17) is 0 Å². The second-order valence-corrected chi connectivity index (χ2v) is 9.96. The Kier molecular flexibility index (Phi) is 5.25. The number of sulfonamides is 1. The molecule has 1 aromatic carbocycles. The molecule has 2 N–H and O–H groups in total. The second-order valence-electron chi connectivity index (χ2n) is 8.02. The number of aromatic nitrogens is 1. The van der Waals surface area contributed by atoms with Crippen molar-refractivity contribution < 1.29 is 13.2 Å². The molecule has 4 rings (SSSR count). The Balaban J connectivity index is 1.74. The Morgan fingerprint density at radius 1 is 1.14 bits per heavy atom. The summed E-state index contributed by atoms with van der Waals surface area (Å²) in [6.45, 7) is 4.29. The number of aromatic amines is 1. The molecule has 1 aromatic heterocycles. The number of benzene rings is 1. The molecule has 2 fully saturated rings. The molecule has 2 aliphatic carbocycles. The summed E-state index contributed by atoms with van der Waals surface area (Å²) in [4.78, 5) is 28.0. The van der Waals surface area contributed by atoms with Gasteiger partial charge in [0.1, 0.15) is 0 Å². The Morgan fingerprint density at radius 3 is 2.31 bits per heavy atom. The summed E-state index contributed by atoms with van der Waals surface area (Å²) in [5.41, 5.74) is 0.304. The van der Waals surface area contributed by atoms with Crippen LogP contribution < -0.4 is 10.9 Å². The van der Waals surface area contributed by atoms with Gasteiger partial charge in [-0.25, -0.2) is 8.42 Å². The van der Waals surface area contributed by atoms with Crippen LogP contribution in [0.4, 0.5) is 0 Å². The van der Waals surface area contributed by atoms with Gasteiger partial charge in [-0.3, -0.25) is 9.59 Å². The van der Waals surface area contributed by atoms with Crippen molar-refractivity contribution in [3.05, 3.63) is 40.2 Å². The zero-order chi connectivity index (χ0) is 20.8. The highest BCUT2D eigenvalue weighted by Gasteiger charge is 2.42. The van der Waals surface area contributed by atoms with Crippen molar-refractivity contribution in [3.63, 3.8) is 0 Å². The molecule has 1 amide bonds. The summed E-state index contributed by atoms with van der Waals surface area (Å²) >= 11 is 0. The van der Waals surface area contributed by atoms with Gasteiger partial charge in [0.05, 0.1) is 10.5 Å². The number of fused-ring (bicyclic) bond motifs is 1. The molecule has 29 heavy (non-hydrogen) atoms. The maximum absolute atomic E-state index is 13.1. The fraction of sp³-hybridized carbons (Fsp3) is 0.524. The van der Waals surface area contributed by atoms with Gasteiger partial charge in [0, 0.05) is 36.1 Å². The molecule has 2 saturated carbocycles. The van der Waals surface area contributed by atoms with Crippen LogP contribution in [0, 0.1) is 11.8 Å². The SMILES string of the molecule is CCN(CC)S(=O)(=O)c1ccc2[nH]c(=O)cc(C(=O)NC(C3CC3)C3CC3)c2c1. The van der Waals surface area contributed by atoms with Gasteiger partial charge in [0.25, 0.3) is 5.91 Å². The highest BCUT2D eigenvalue weighted by Crippen LogP contribution is 2.44. The van der Waals surface area contributed by atoms with Gasteiger partial charge >= 0.3 is 0 Å². The maximum atomic E-state index is 13.1. The summed E-state index contributed by atoms with van der Waals surface area (Å²) in [6.07, 6.45) is 4.52. The minimum absolute atomic E-state index is 0.121. The largest absolute Gasteiger partial charge is 0.349 e. The van der Waals surface area contributed by atoms with Crippen LogP contribution >= 0.6 is 0 Å². The summed E-state index contributed by atoms with van der Waals surface area (Å²) in [6, 6.07) is 5.95. The molecule has 2 aliphatic rings. The van der Waals surface area contributed by atoms with Crippen LogP contribution in [0.15, 0.2) is 34.0 Å². The first kappa shape index (κ1) is 20.1. The molecule has 0 spiro atoms. The first-order chi connectivity index (χ1) is 13.8. The highest BCUT2D eigenvalue weighted by atomic mass is 32.2. The fourth-order valence-electron chi connectivity index (χ4n) is 4.05. The summed E-state index contributed by atoms with van der Waals surface area (Å²) in [5, 5.41) is 3.57. The van der Waals surface area contributed by atoms with E-state index in [1.54, 1.807) is 19.9 Å². The predicted octanol–water partition coefficient (Wildman–Crippen LogP) is 2.48. The molecule has 0 atom stereocenters. The molecule has 0 unspecified atom stereocenters. The van der Waals surface area contributed by atoms with Crippen molar-refractivity contribution in [1.29, 1.82) is 0 Å². The number of carbonyl (C=O) groups is 1. The lowest BCUT2D eigenvalue weighted by atomic mass is 10.0. The topological polar surface area (TPSA) is 99.3 Å². The van der Waals surface area contributed by atoms with Crippen LogP contribution in [0.25, 0.3) is 10.9 Å². The molecule has 1 heterocycles. The van der Waals surface area contributed by atoms with Crippen molar-refractivity contribution in [2.45, 2.75) is 50.5 Å². The molecule has 0 saturated heterocycles. The number of nitrogens with one attached hydrogen (secondary N) is 2. The Bertz CT molecular complexity index is 1080. The Morgan fingerprint density at radius 2 is 1.76 bits per heavy atom. The lowest BCUT2D eigenvalue weighted by molar-refractivity contribution is 0.0928. The van der Waals surface area contributed by atoms with E-state index in [1.165, 1.54) is 22.5 Å². The van der Waals surface area contributed by atoms with Crippen LogP contribution in [0.3, 0.4) is 0 Å². The van der Waals surface area contributed by atoms with E-state index in [0.29, 0.717) is 35.8 Å². The van der Waals surface area contributed by atoms with Gasteiger partial charge in [0.15, 0.2) is 0 Å². The molecular formula is C21H27N3O4S. The lowest BCUT2D eigenvalue weighted by Gasteiger charge is -2.20. The third-order valence-corrected chi connectivity index (χ3v) is 8.01. The third kappa shape index (κ3) is 3.96. The van der Waals surface area contributed by atoms with Crippen molar-refractivity contribution in [2.75, 3.05) is 13.1 Å². The van der Waals surface area contributed by atoms with Gasteiger partial charge < -0.3 is 10.3 Å². The molecular weight excluding hydrogens is 390 g/mol. The average Bonchev–Trinajstić information content (AvgIpc) is 3.59. The van der Waals surface area contributed by atoms with Gasteiger partial charge in [0.2, 0.25) is 15.6 Å². The van der Waals surface area contributed by atoms with Crippen molar-refractivity contribution in [1.82, 2.24) is 14.6 Å². The highest BCUT2D eigenvalue weighted by molar-refractivity contribution is 7.89. The lowest BCUT2D eigenvalue weighted by Crippen LogP contribution is -2.38. The smallest absolute Gasteiger partial charge is 0.252 e. The Hall–Kier alpha value is -2.19. The molecule has 2 aromatic rings. The van der Waals surface area contributed by atoms with E-state index in [2.05, 4.69) is 10.3 Å². The molecule has 8 heteroatoms. The normalized spacial score (nSPS) is 17.2. The predicted molar refractivity (Wildman–Crippen MR) is 111 cm³/mol. The monoisotopic (exact) mass is 417 g/mol. The molecule has 0 bridgehead atoms. The first-order valence-electron chi connectivity index (χ1n) is 10.3. The molecule has 0 radical (unpaired) electrons. The van der Waals surface area contributed by atoms with E-state index in [9.17, 15) is 18.0 Å².